The minimum Gasteiger partial charge on any atom is -0.505 e. The monoisotopic (exact) mass is 434 g/mol. The van der Waals surface area contributed by atoms with Crippen molar-refractivity contribution < 1.29 is 5.11 Å². The fraction of sp³-hybridized carbons (Fsp3) is 0.370. The van der Waals surface area contributed by atoms with Crippen LogP contribution in [0.3, 0.4) is 0 Å². The Balaban J connectivity index is 1.88. The summed E-state index contributed by atoms with van der Waals surface area (Å²) in [6.45, 7) is 13.0. The first-order valence-corrected chi connectivity index (χ1v) is 11.8. The van der Waals surface area contributed by atoms with E-state index in [1.165, 1.54) is 5.56 Å². The molecule has 4 heteroatoms. The molecule has 3 nitrogen and oxygen atoms in total. The molecule has 0 saturated carbocycles. The molecule has 0 fully saturated rings. The first-order chi connectivity index (χ1) is 14.6. The van der Waals surface area contributed by atoms with E-state index in [0.29, 0.717) is 5.75 Å². The number of aromatic hydroxyl groups is 1. The second kappa shape index (κ2) is 9.35. The molecule has 0 spiro atoms. The third-order valence-electron chi connectivity index (χ3n) is 5.28. The molecule has 2 N–H and O–H groups in total. The SMILES string of the molecule is CC(C)(C)c1cc(Nc2ccccc2SCCc2ccccn2)c(O)c(C(C)(C)C)c1. The lowest BCUT2D eigenvalue weighted by Gasteiger charge is -2.28. The molecule has 0 aliphatic heterocycles. The van der Waals surface area contributed by atoms with E-state index in [9.17, 15) is 5.11 Å². The van der Waals surface area contributed by atoms with Crippen molar-refractivity contribution >= 4 is 23.1 Å². The summed E-state index contributed by atoms with van der Waals surface area (Å²) in [5.41, 5.74) is 4.87. The van der Waals surface area contributed by atoms with Gasteiger partial charge in [0.25, 0.3) is 0 Å². The van der Waals surface area contributed by atoms with E-state index >= 15 is 0 Å². The third-order valence-corrected chi connectivity index (χ3v) is 6.36. The number of anilines is 2. The van der Waals surface area contributed by atoms with E-state index in [1.54, 1.807) is 11.8 Å². The second-order valence-electron chi connectivity index (χ2n) is 9.96. The maximum absolute atomic E-state index is 11.1. The number of phenols is 1. The zero-order chi connectivity index (χ0) is 22.6. The molecule has 1 aromatic heterocycles. The molecule has 0 aliphatic carbocycles. The van der Waals surface area contributed by atoms with Gasteiger partial charge in [-0.3, -0.25) is 4.98 Å². The Morgan fingerprint density at radius 3 is 2.23 bits per heavy atom. The number of nitrogens with one attached hydrogen (secondary N) is 1. The van der Waals surface area contributed by atoms with Crippen molar-refractivity contribution in [2.45, 2.75) is 63.7 Å². The zero-order valence-corrected chi connectivity index (χ0v) is 20.3. The molecule has 0 saturated heterocycles. The molecular formula is C27H34N2OS. The highest BCUT2D eigenvalue weighted by molar-refractivity contribution is 7.99. The summed E-state index contributed by atoms with van der Waals surface area (Å²) < 4.78 is 0. The number of hydrogen-bond donors (Lipinski definition) is 2. The van der Waals surface area contributed by atoms with Gasteiger partial charge in [-0.15, -0.1) is 11.8 Å². The molecule has 31 heavy (non-hydrogen) atoms. The largest absolute Gasteiger partial charge is 0.505 e. The van der Waals surface area contributed by atoms with Gasteiger partial charge in [-0.2, -0.15) is 0 Å². The van der Waals surface area contributed by atoms with Crippen LogP contribution in [-0.2, 0) is 17.3 Å². The lowest BCUT2D eigenvalue weighted by molar-refractivity contribution is 0.447. The first-order valence-electron chi connectivity index (χ1n) is 10.8. The van der Waals surface area contributed by atoms with Crippen molar-refractivity contribution in [2.75, 3.05) is 11.1 Å². The average molecular weight is 435 g/mol. The molecule has 1 heterocycles. The standard InChI is InChI=1S/C27H34N2OS/c1-26(2,3)19-17-21(27(4,5)6)25(30)23(18-19)29-22-12-7-8-13-24(22)31-16-14-20-11-9-10-15-28-20/h7-13,15,17-18,29-30H,14,16H2,1-6H3. The second-order valence-corrected chi connectivity index (χ2v) is 11.1. The Bertz CT molecular complexity index is 1020. The van der Waals surface area contributed by atoms with Gasteiger partial charge in [0.2, 0.25) is 0 Å². The summed E-state index contributed by atoms with van der Waals surface area (Å²) in [7, 11) is 0. The summed E-state index contributed by atoms with van der Waals surface area (Å²) >= 11 is 1.80. The molecule has 164 valence electrons. The Morgan fingerprint density at radius 2 is 1.58 bits per heavy atom. The number of rotatable bonds is 6. The molecule has 2 aromatic carbocycles. The number of phenolic OH excluding ortho intramolecular Hbond substituents is 1. The summed E-state index contributed by atoms with van der Waals surface area (Å²) in [6, 6.07) is 18.5. The predicted molar refractivity (Wildman–Crippen MR) is 134 cm³/mol. The molecule has 3 aromatic rings. The number of pyridine rings is 1. The number of nitrogens with zero attached hydrogens (tertiary/aromatic N) is 1. The van der Waals surface area contributed by atoms with Gasteiger partial charge in [0.05, 0.1) is 11.4 Å². The van der Waals surface area contributed by atoms with E-state index < -0.39 is 0 Å². The fourth-order valence-corrected chi connectivity index (χ4v) is 4.37. The van der Waals surface area contributed by atoms with Crippen molar-refractivity contribution in [3.05, 3.63) is 77.6 Å². The molecule has 0 atom stereocenters. The number of thioether (sulfide) groups is 1. The molecule has 0 radical (unpaired) electrons. The van der Waals surface area contributed by atoms with Gasteiger partial charge in [0, 0.05) is 28.1 Å². The van der Waals surface area contributed by atoms with Gasteiger partial charge in [0.15, 0.2) is 0 Å². The highest BCUT2D eigenvalue weighted by Crippen LogP contribution is 2.42. The van der Waals surface area contributed by atoms with Crippen molar-refractivity contribution in [1.82, 2.24) is 4.98 Å². The van der Waals surface area contributed by atoms with Crippen molar-refractivity contribution in [1.29, 1.82) is 0 Å². The van der Waals surface area contributed by atoms with Crippen molar-refractivity contribution in [3.63, 3.8) is 0 Å². The minimum absolute atomic E-state index is 0.0128. The predicted octanol–water partition coefficient (Wildman–Crippen LogP) is 7.46. The van der Waals surface area contributed by atoms with Crippen LogP contribution in [0.1, 0.15) is 58.4 Å². The molecule has 3 rings (SSSR count). The quantitative estimate of drug-likeness (QED) is 0.312. The van der Waals surface area contributed by atoms with Crippen molar-refractivity contribution in [3.8, 4) is 5.75 Å². The first kappa shape index (κ1) is 23.2. The molecule has 0 amide bonds. The third kappa shape index (κ3) is 6.04. The Hall–Kier alpha value is -2.46. The van der Waals surface area contributed by atoms with Gasteiger partial charge in [0.1, 0.15) is 5.75 Å². The van der Waals surface area contributed by atoms with Crippen LogP contribution in [0.4, 0.5) is 11.4 Å². The average Bonchev–Trinajstić information content (AvgIpc) is 2.70. The molecule has 0 aliphatic rings. The Morgan fingerprint density at radius 1 is 0.871 bits per heavy atom. The fourth-order valence-electron chi connectivity index (χ4n) is 3.39. The maximum atomic E-state index is 11.1. The number of hydrogen-bond acceptors (Lipinski definition) is 4. The Kier molecular flexibility index (Phi) is 7.00. The van der Waals surface area contributed by atoms with Crippen LogP contribution in [0.15, 0.2) is 65.7 Å². The van der Waals surface area contributed by atoms with E-state index in [0.717, 1.165) is 39.7 Å². The van der Waals surface area contributed by atoms with Gasteiger partial charge < -0.3 is 10.4 Å². The summed E-state index contributed by atoms with van der Waals surface area (Å²) in [4.78, 5) is 5.58. The smallest absolute Gasteiger partial charge is 0.142 e. The van der Waals surface area contributed by atoms with Crippen LogP contribution in [0, 0.1) is 0 Å². The number of benzene rings is 2. The van der Waals surface area contributed by atoms with E-state index in [2.05, 4.69) is 88.2 Å². The zero-order valence-electron chi connectivity index (χ0n) is 19.5. The summed E-state index contributed by atoms with van der Waals surface area (Å²) in [6.07, 6.45) is 2.76. The maximum Gasteiger partial charge on any atom is 0.142 e. The topological polar surface area (TPSA) is 45.2 Å². The van der Waals surface area contributed by atoms with Gasteiger partial charge in [-0.1, -0.05) is 65.8 Å². The number of aromatic nitrogens is 1. The van der Waals surface area contributed by atoms with E-state index in [4.69, 9.17) is 0 Å². The molecular weight excluding hydrogens is 400 g/mol. The number of para-hydroxylation sites is 1. The summed E-state index contributed by atoms with van der Waals surface area (Å²) in [5.74, 6) is 1.27. The van der Waals surface area contributed by atoms with Crippen LogP contribution in [0.5, 0.6) is 5.75 Å². The lowest BCUT2D eigenvalue weighted by Crippen LogP contribution is -2.17. The normalized spacial score (nSPS) is 12.1. The van der Waals surface area contributed by atoms with Crippen LogP contribution < -0.4 is 5.32 Å². The van der Waals surface area contributed by atoms with Gasteiger partial charge >= 0.3 is 0 Å². The van der Waals surface area contributed by atoms with E-state index in [-0.39, 0.29) is 10.8 Å². The summed E-state index contributed by atoms with van der Waals surface area (Å²) in [5, 5.41) is 14.6. The Labute approximate surface area is 191 Å². The minimum atomic E-state index is -0.154. The molecule has 0 bridgehead atoms. The van der Waals surface area contributed by atoms with E-state index in [1.807, 2.05) is 24.4 Å². The number of aryl methyl sites for hydroxylation is 1. The molecule has 0 unspecified atom stereocenters. The van der Waals surface area contributed by atoms with Crippen LogP contribution in [0.25, 0.3) is 0 Å². The van der Waals surface area contributed by atoms with Crippen LogP contribution in [0.2, 0.25) is 0 Å². The van der Waals surface area contributed by atoms with Crippen LogP contribution in [-0.4, -0.2) is 15.8 Å². The van der Waals surface area contributed by atoms with Gasteiger partial charge in [-0.25, -0.2) is 0 Å². The van der Waals surface area contributed by atoms with Gasteiger partial charge in [-0.05, 0) is 53.1 Å². The van der Waals surface area contributed by atoms with Crippen molar-refractivity contribution in [2.24, 2.45) is 0 Å². The highest BCUT2D eigenvalue weighted by Gasteiger charge is 2.25. The highest BCUT2D eigenvalue weighted by atomic mass is 32.2. The lowest BCUT2D eigenvalue weighted by atomic mass is 9.79. The van der Waals surface area contributed by atoms with Crippen LogP contribution >= 0.6 is 11.8 Å².